The van der Waals surface area contributed by atoms with Crippen molar-refractivity contribution in [3.05, 3.63) is 89.5 Å². The summed E-state index contributed by atoms with van der Waals surface area (Å²) in [6, 6.07) is 20.0. The van der Waals surface area contributed by atoms with E-state index in [9.17, 15) is 18.0 Å². The fraction of sp³-hybridized carbons (Fsp3) is 0.375. The number of amides is 2. The summed E-state index contributed by atoms with van der Waals surface area (Å²) >= 11 is 0. The van der Waals surface area contributed by atoms with Crippen LogP contribution in [0.4, 0.5) is 5.69 Å². The molecule has 0 bridgehead atoms. The van der Waals surface area contributed by atoms with Gasteiger partial charge in [0.05, 0.1) is 17.7 Å². The van der Waals surface area contributed by atoms with Crippen molar-refractivity contribution in [1.82, 2.24) is 10.2 Å². The fourth-order valence-electron chi connectivity index (χ4n) is 4.43. The van der Waals surface area contributed by atoms with Gasteiger partial charge in [0.25, 0.3) is 10.0 Å². The van der Waals surface area contributed by atoms with Crippen LogP contribution in [-0.4, -0.2) is 51.4 Å². The minimum Gasteiger partial charge on any atom is -0.497 e. The van der Waals surface area contributed by atoms with Gasteiger partial charge in [-0.2, -0.15) is 0 Å². The van der Waals surface area contributed by atoms with Crippen molar-refractivity contribution in [2.45, 2.75) is 64.4 Å². The van der Waals surface area contributed by atoms with E-state index in [0.29, 0.717) is 24.4 Å². The number of nitrogens with zero attached hydrogens (tertiary/aromatic N) is 2. The molecule has 2 amide bonds. The van der Waals surface area contributed by atoms with E-state index < -0.39 is 28.5 Å². The molecular weight excluding hydrogens is 538 g/mol. The number of carbonyl (C=O) groups is 2. The molecule has 0 fully saturated rings. The molecule has 0 spiro atoms. The van der Waals surface area contributed by atoms with Gasteiger partial charge in [0.15, 0.2) is 0 Å². The second kappa shape index (κ2) is 14.7. The predicted molar refractivity (Wildman–Crippen MR) is 162 cm³/mol. The van der Waals surface area contributed by atoms with E-state index in [2.05, 4.69) is 5.32 Å². The second-order valence-electron chi connectivity index (χ2n) is 10.1. The molecule has 0 saturated heterocycles. The first-order valence-electron chi connectivity index (χ1n) is 14.0. The maximum atomic E-state index is 14.1. The smallest absolute Gasteiger partial charge is 0.264 e. The maximum absolute atomic E-state index is 14.1. The van der Waals surface area contributed by atoms with Crippen molar-refractivity contribution in [3.8, 4) is 5.75 Å². The van der Waals surface area contributed by atoms with Crippen molar-refractivity contribution < 1.29 is 22.7 Å². The zero-order valence-electron chi connectivity index (χ0n) is 24.6. The third kappa shape index (κ3) is 8.33. The van der Waals surface area contributed by atoms with E-state index in [1.807, 2.05) is 52.0 Å². The van der Waals surface area contributed by atoms with E-state index in [-0.39, 0.29) is 17.3 Å². The number of sulfonamides is 1. The molecule has 41 heavy (non-hydrogen) atoms. The number of ether oxygens (including phenoxy) is 1. The third-order valence-electron chi connectivity index (χ3n) is 6.94. The molecule has 0 aliphatic carbocycles. The minimum absolute atomic E-state index is 0.0288. The number of benzene rings is 3. The largest absolute Gasteiger partial charge is 0.497 e. The van der Waals surface area contributed by atoms with Crippen LogP contribution in [0.15, 0.2) is 77.7 Å². The van der Waals surface area contributed by atoms with Crippen LogP contribution in [0.3, 0.4) is 0 Å². The standard InChI is InChI=1S/C32H41N3O5S/c1-6-8-21-33-32(37)30(7-2)34(22-26-13-9-24(3)10-14-26)31(36)23-35(27-15-11-25(4)12-16-27)41(38,39)29-19-17-28(40-5)18-20-29/h9-20,30H,6-8,21-23H2,1-5H3,(H,33,37)/t30-/m0/s1. The molecule has 0 aromatic heterocycles. The Labute approximate surface area is 244 Å². The SMILES string of the molecule is CCCCNC(=O)[C@H](CC)N(Cc1ccc(C)cc1)C(=O)CN(c1ccc(C)cc1)S(=O)(=O)c1ccc(OC)cc1. The van der Waals surface area contributed by atoms with Gasteiger partial charge in [-0.05, 0) is 68.7 Å². The van der Waals surface area contributed by atoms with Gasteiger partial charge in [-0.3, -0.25) is 13.9 Å². The molecule has 0 aliphatic heterocycles. The molecular formula is C32H41N3O5S. The van der Waals surface area contributed by atoms with Gasteiger partial charge in [-0.25, -0.2) is 8.42 Å². The Morgan fingerprint density at radius 2 is 1.46 bits per heavy atom. The first-order valence-corrected chi connectivity index (χ1v) is 15.4. The summed E-state index contributed by atoms with van der Waals surface area (Å²) in [7, 11) is -2.63. The van der Waals surface area contributed by atoms with Crippen LogP contribution >= 0.6 is 0 Å². The molecule has 8 nitrogen and oxygen atoms in total. The van der Waals surface area contributed by atoms with Crippen LogP contribution in [0.5, 0.6) is 5.75 Å². The van der Waals surface area contributed by atoms with Crippen LogP contribution < -0.4 is 14.4 Å². The molecule has 3 aromatic rings. The van der Waals surface area contributed by atoms with Crippen molar-refractivity contribution >= 4 is 27.5 Å². The molecule has 3 rings (SSSR count). The molecule has 0 saturated carbocycles. The molecule has 0 unspecified atom stereocenters. The number of hydrogen-bond donors (Lipinski definition) is 1. The Hall–Kier alpha value is -3.85. The van der Waals surface area contributed by atoms with E-state index in [4.69, 9.17) is 4.74 Å². The summed E-state index contributed by atoms with van der Waals surface area (Å²) in [6.07, 6.45) is 2.14. The van der Waals surface area contributed by atoms with Gasteiger partial charge < -0.3 is 15.0 Å². The van der Waals surface area contributed by atoms with Crippen LogP contribution in [0, 0.1) is 13.8 Å². The second-order valence-corrected chi connectivity index (χ2v) is 12.0. The zero-order chi connectivity index (χ0) is 30.0. The summed E-state index contributed by atoms with van der Waals surface area (Å²) in [6.45, 7) is 7.99. The van der Waals surface area contributed by atoms with Crippen molar-refractivity contribution in [1.29, 1.82) is 0 Å². The van der Waals surface area contributed by atoms with E-state index in [1.54, 1.807) is 36.4 Å². The van der Waals surface area contributed by atoms with Gasteiger partial charge in [0.2, 0.25) is 11.8 Å². The van der Waals surface area contributed by atoms with E-state index in [0.717, 1.165) is 33.8 Å². The summed E-state index contributed by atoms with van der Waals surface area (Å²) in [5, 5.41) is 2.95. The van der Waals surface area contributed by atoms with E-state index in [1.165, 1.54) is 24.1 Å². The summed E-state index contributed by atoms with van der Waals surface area (Å²) in [4.78, 5) is 28.9. The number of hydrogen-bond acceptors (Lipinski definition) is 5. The number of methoxy groups -OCH3 is 1. The van der Waals surface area contributed by atoms with Gasteiger partial charge in [0.1, 0.15) is 18.3 Å². The highest BCUT2D eigenvalue weighted by atomic mass is 32.2. The van der Waals surface area contributed by atoms with Crippen molar-refractivity contribution in [2.75, 3.05) is 24.5 Å². The Kier molecular flexibility index (Phi) is 11.3. The number of anilines is 1. The summed E-state index contributed by atoms with van der Waals surface area (Å²) < 4.78 is 34.2. The number of aryl methyl sites for hydroxylation is 2. The summed E-state index contributed by atoms with van der Waals surface area (Å²) in [5.41, 5.74) is 3.24. The van der Waals surface area contributed by atoms with Crippen molar-refractivity contribution in [3.63, 3.8) is 0 Å². The van der Waals surface area contributed by atoms with Gasteiger partial charge in [0, 0.05) is 13.1 Å². The molecule has 1 atom stereocenters. The minimum atomic E-state index is -4.14. The number of carbonyl (C=O) groups excluding carboxylic acids is 2. The Balaban J connectivity index is 2.02. The predicted octanol–water partition coefficient (Wildman–Crippen LogP) is 5.23. The van der Waals surface area contributed by atoms with Crippen LogP contribution in [0.1, 0.15) is 49.8 Å². The lowest BCUT2D eigenvalue weighted by atomic mass is 10.1. The van der Waals surface area contributed by atoms with Gasteiger partial charge in [-0.1, -0.05) is 67.8 Å². The highest BCUT2D eigenvalue weighted by Gasteiger charge is 2.33. The third-order valence-corrected chi connectivity index (χ3v) is 8.73. The molecule has 9 heteroatoms. The van der Waals surface area contributed by atoms with Crippen molar-refractivity contribution in [2.24, 2.45) is 0 Å². The fourth-order valence-corrected chi connectivity index (χ4v) is 5.84. The van der Waals surface area contributed by atoms with Crippen LogP contribution in [-0.2, 0) is 26.2 Å². The lowest BCUT2D eigenvalue weighted by Crippen LogP contribution is -2.52. The molecule has 220 valence electrons. The zero-order valence-corrected chi connectivity index (χ0v) is 25.4. The average Bonchev–Trinajstić information content (AvgIpc) is 2.97. The van der Waals surface area contributed by atoms with Crippen LogP contribution in [0.25, 0.3) is 0 Å². The topological polar surface area (TPSA) is 96.0 Å². The Morgan fingerprint density at radius 1 is 0.878 bits per heavy atom. The normalized spacial score (nSPS) is 11.9. The Bertz CT molecular complexity index is 1390. The Morgan fingerprint density at radius 3 is 2.00 bits per heavy atom. The molecule has 0 radical (unpaired) electrons. The van der Waals surface area contributed by atoms with Crippen LogP contribution in [0.2, 0.25) is 0 Å². The number of nitrogens with one attached hydrogen (secondary N) is 1. The highest BCUT2D eigenvalue weighted by molar-refractivity contribution is 7.92. The molecule has 3 aromatic carbocycles. The van der Waals surface area contributed by atoms with Gasteiger partial charge in [-0.15, -0.1) is 0 Å². The summed E-state index contributed by atoms with van der Waals surface area (Å²) in [5.74, 6) is -0.201. The number of unbranched alkanes of at least 4 members (excludes halogenated alkanes) is 1. The monoisotopic (exact) mass is 579 g/mol. The molecule has 0 aliphatic rings. The first kappa shape index (κ1) is 31.7. The lowest BCUT2D eigenvalue weighted by Gasteiger charge is -2.33. The first-order chi connectivity index (χ1) is 19.6. The lowest BCUT2D eigenvalue weighted by molar-refractivity contribution is -0.140. The molecule has 1 N–H and O–H groups in total. The quantitative estimate of drug-likeness (QED) is 0.264. The van der Waals surface area contributed by atoms with E-state index >= 15 is 0 Å². The molecule has 0 heterocycles. The maximum Gasteiger partial charge on any atom is 0.264 e. The average molecular weight is 580 g/mol. The highest BCUT2D eigenvalue weighted by Crippen LogP contribution is 2.26. The van der Waals surface area contributed by atoms with Gasteiger partial charge >= 0.3 is 0 Å². The number of rotatable bonds is 14.